The van der Waals surface area contributed by atoms with Crippen molar-refractivity contribution < 1.29 is 19.2 Å². The van der Waals surface area contributed by atoms with Crippen LogP contribution >= 0.6 is 0 Å². The molecule has 2 rings (SSSR count). The number of nitrogens with zero attached hydrogens (tertiary/aromatic N) is 1. The smallest absolute Gasteiger partial charge is 0.307 e. The Morgan fingerprint density at radius 1 is 1.57 bits per heavy atom. The molecule has 6 heteroatoms. The fourth-order valence-corrected chi connectivity index (χ4v) is 1.25. The van der Waals surface area contributed by atoms with Gasteiger partial charge in [-0.05, 0) is 6.42 Å². The van der Waals surface area contributed by atoms with Crippen molar-refractivity contribution in [1.29, 1.82) is 0 Å². The van der Waals surface area contributed by atoms with Crippen molar-refractivity contribution in [3.8, 4) is 0 Å². The fraction of sp³-hybridized carbons (Fsp3) is 0.375. The zero-order valence-corrected chi connectivity index (χ0v) is 7.14. The van der Waals surface area contributed by atoms with Crippen LogP contribution in [0.15, 0.2) is 16.9 Å². The zero-order valence-electron chi connectivity index (χ0n) is 7.14. The summed E-state index contributed by atoms with van der Waals surface area (Å²) in [5.74, 6) is -1.89. The summed E-state index contributed by atoms with van der Waals surface area (Å²) in [4.78, 5) is 21.8. The van der Waals surface area contributed by atoms with Crippen LogP contribution in [0.1, 0.15) is 6.42 Å². The van der Waals surface area contributed by atoms with Gasteiger partial charge in [-0.25, -0.2) is 0 Å². The standard InChI is InChI=1S/C8H8N2O4/c11-7(4-3-5(4)8(12)13)9-6-1-2-14-10-6/h1-2,4-5H,3H2,(H,12,13)(H,9,10,11). The van der Waals surface area contributed by atoms with Crippen molar-refractivity contribution in [1.82, 2.24) is 5.16 Å². The lowest BCUT2D eigenvalue weighted by Crippen LogP contribution is -2.16. The zero-order chi connectivity index (χ0) is 10.1. The molecule has 0 aliphatic heterocycles. The lowest BCUT2D eigenvalue weighted by Gasteiger charge is -1.97. The van der Waals surface area contributed by atoms with E-state index in [0.29, 0.717) is 12.2 Å². The number of anilines is 1. The monoisotopic (exact) mass is 196 g/mol. The van der Waals surface area contributed by atoms with Gasteiger partial charge >= 0.3 is 5.97 Å². The second kappa shape index (κ2) is 3.13. The predicted molar refractivity (Wildman–Crippen MR) is 44.4 cm³/mol. The number of aliphatic carboxylic acids is 1. The Bertz CT molecular complexity index is 359. The van der Waals surface area contributed by atoms with Gasteiger partial charge in [0.15, 0.2) is 5.82 Å². The average molecular weight is 196 g/mol. The van der Waals surface area contributed by atoms with Gasteiger partial charge in [0.05, 0.1) is 11.8 Å². The van der Waals surface area contributed by atoms with Gasteiger partial charge in [0.2, 0.25) is 5.91 Å². The molecule has 1 heterocycles. The van der Waals surface area contributed by atoms with E-state index in [2.05, 4.69) is 15.0 Å². The van der Waals surface area contributed by atoms with Gasteiger partial charge in [-0.3, -0.25) is 9.59 Å². The molecule has 6 nitrogen and oxygen atoms in total. The fourth-order valence-electron chi connectivity index (χ4n) is 1.25. The van der Waals surface area contributed by atoms with Crippen molar-refractivity contribution in [3.05, 3.63) is 12.3 Å². The summed E-state index contributed by atoms with van der Waals surface area (Å²) >= 11 is 0. The molecule has 0 radical (unpaired) electrons. The van der Waals surface area contributed by atoms with Crippen LogP contribution in [0.5, 0.6) is 0 Å². The molecule has 0 spiro atoms. The normalized spacial score (nSPS) is 24.3. The van der Waals surface area contributed by atoms with Gasteiger partial charge in [0.25, 0.3) is 0 Å². The molecule has 1 fully saturated rings. The SMILES string of the molecule is O=C(O)C1CC1C(=O)Nc1ccon1. The van der Waals surface area contributed by atoms with Gasteiger partial charge in [-0.2, -0.15) is 0 Å². The van der Waals surface area contributed by atoms with E-state index in [4.69, 9.17) is 5.11 Å². The first kappa shape index (κ1) is 8.74. The van der Waals surface area contributed by atoms with Gasteiger partial charge in [-0.1, -0.05) is 5.16 Å². The summed E-state index contributed by atoms with van der Waals surface area (Å²) in [7, 11) is 0. The van der Waals surface area contributed by atoms with Crippen molar-refractivity contribution in [2.75, 3.05) is 5.32 Å². The van der Waals surface area contributed by atoms with Crippen LogP contribution in [0.2, 0.25) is 0 Å². The van der Waals surface area contributed by atoms with E-state index >= 15 is 0 Å². The Hall–Kier alpha value is -1.85. The third kappa shape index (κ3) is 1.59. The first-order chi connectivity index (χ1) is 6.68. The van der Waals surface area contributed by atoms with Crippen LogP contribution in [0.3, 0.4) is 0 Å². The van der Waals surface area contributed by atoms with Crippen molar-refractivity contribution in [2.24, 2.45) is 11.8 Å². The quantitative estimate of drug-likeness (QED) is 0.726. The molecule has 14 heavy (non-hydrogen) atoms. The Morgan fingerprint density at radius 2 is 2.36 bits per heavy atom. The van der Waals surface area contributed by atoms with Gasteiger partial charge < -0.3 is 14.9 Å². The van der Waals surface area contributed by atoms with E-state index in [1.807, 2.05) is 0 Å². The highest BCUT2D eigenvalue weighted by molar-refractivity contribution is 5.97. The third-order valence-electron chi connectivity index (χ3n) is 2.13. The van der Waals surface area contributed by atoms with E-state index in [-0.39, 0.29) is 5.91 Å². The number of hydrogen-bond donors (Lipinski definition) is 2. The van der Waals surface area contributed by atoms with E-state index in [9.17, 15) is 9.59 Å². The largest absolute Gasteiger partial charge is 0.481 e. The Balaban J connectivity index is 1.90. The highest BCUT2D eigenvalue weighted by Crippen LogP contribution is 2.39. The number of carboxylic acids is 1. The van der Waals surface area contributed by atoms with E-state index in [1.54, 1.807) is 0 Å². The summed E-state index contributed by atoms with van der Waals surface area (Å²) in [5.41, 5.74) is 0. The lowest BCUT2D eigenvalue weighted by atomic mass is 10.3. The summed E-state index contributed by atoms with van der Waals surface area (Å²) in [5, 5.41) is 14.5. The molecular formula is C8H8N2O4. The molecule has 1 aliphatic carbocycles. The predicted octanol–water partition coefficient (Wildman–Crippen LogP) is 0.334. The molecule has 1 saturated carbocycles. The number of rotatable bonds is 3. The highest BCUT2D eigenvalue weighted by Gasteiger charge is 2.48. The van der Waals surface area contributed by atoms with Crippen LogP contribution in [0, 0.1) is 11.8 Å². The van der Waals surface area contributed by atoms with Crippen molar-refractivity contribution in [2.45, 2.75) is 6.42 Å². The minimum Gasteiger partial charge on any atom is -0.481 e. The maximum Gasteiger partial charge on any atom is 0.307 e. The number of hydrogen-bond acceptors (Lipinski definition) is 4. The van der Waals surface area contributed by atoms with Gasteiger partial charge in [-0.15, -0.1) is 0 Å². The summed E-state index contributed by atoms with van der Waals surface area (Å²) in [6.45, 7) is 0. The minimum absolute atomic E-state index is 0.311. The van der Waals surface area contributed by atoms with Crippen molar-refractivity contribution in [3.63, 3.8) is 0 Å². The topological polar surface area (TPSA) is 92.4 Å². The van der Waals surface area contributed by atoms with E-state index < -0.39 is 17.8 Å². The maximum atomic E-state index is 11.3. The molecule has 1 aromatic heterocycles. The van der Waals surface area contributed by atoms with Gasteiger partial charge in [0, 0.05) is 6.07 Å². The highest BCUT2D eigenvalue weighted by atomic mass is 16.5. The summed E-state index contributed by atoms with van der Waals surface area (Å²) in [6, 6.07) is 1.50. The Labute approximate surface area is 78.9 Å². The van der Waals surface area contributed by atoms with Crippen LogP contribution in [-0.2, 0) is 9.59 Å². The molecule has 74 valence electrons. The molecule has 2 atom stereocenters. The summed E-state index contributed by atoms with van der Waals surface area (Å²) in [6.07, 6.45) is 1.73. The molecule has 1 aliphatic rings. The second-order valence-electron chi connectivity index (χ2n) is 3.16. The molecule has 1 aromatic rings. The van der Waals surface area contributed by atoms with Crippen LogP contribution in [0.4, 0.5) is 5.82 Å². The van der Waals surface area contributed by atoms with E-state index in [1.165, 1.54) is 12.3 Å². The lowest BCUT2D eigenvalue weighted by molar-refractivity contribution is -0.139. The first-order valence-electron chi connectivity index (χ1n) is 4.12. The maximum absolute atomic E-state index is 11.3. The Kier molecular flexibility index (Phi) is 1.95. The molecule has 2 N–H and O–H groups in total. The van der Waals surface area contributed by atoms with Gasteiger partial charge in [0.1, 0.15) is 6.26 Å². The molecule has 0 saturated heterocycles. The van der Waals surface area contributed by atoms with E-state index in [0.717, 1.165) is 0 Å². The molecule has 2 unspecified atom stereocenters. The molecule has 0 aromatic carbocycles. The second-order valence-corrected chi connectivity index (χ2v) is 3.16. The number of carbonyl (C=O) groups is 2. The molecule has 1 amide bonds. The average Bonchev–Trinajstić information content (AvgIpc) is 2.80. The number of carbonyl (C=O) groups excluding carboxylic acids is 1. The number of aromatic nitrogens is 1. The molecular weight excluding hydrogens is 188 g/mol. The third-order valence-corrected chi connectivity index (χ3v) is 2.13. The number of carboxylic acid groups (broad SMARTS) is 1. The van der Waals surface area contributed by atoms with Crippen molar-refractivity contribution >= 4 is 17.7 Å². The summed E-state index contributed by atoms with van der Waals surface area (Å²) < 4.78 is 4.51. The van der Waals surface area contributed by atoms with Crippen LogP contribution < -0.4 is 5.32 Å². The number of nitrogens with one attached hydrogen (secondary N) is 1. The number of amides is 1. The molecule has 0 bridgehead atoms. The van der Waals surface area contributed by atoms with Crippen LogP contribution in [-0.4, -0.2) is 22.1 Å². The first-order valence-corrected chi connectivity index (χ1v) is 4.12. The van der Waals surface area contributed by atoms with Crippen LogP contribution in [0.25, 0.3) is 0 Å². The Morgan fingerprint density at radius 3 is 2.86 bits per heavy atom. The minimum atomic E-state index is -0.926.